The highest BCUT2D eigenvalue weighted by molar-refractivity contribution is 7.88. The first-order valence-corrected chi connectivity index (χ1v) is 9.07. The molecule has 8 heteroatoms. The minimum Gasteiger partial charge on any atom is -0.342 e. The largest absolute Gasteiger partial charge is 0.342 e. The van der Waals surface area contributed by atoms with E-state index >= 15 is 0 Å². The van der Waals surface area contributed by atoms with Crippen molar-refractivity contribution in [2.45, 2.75) is 18.9 Å². The van der Waals surface area contributed by atoms with E-state index in [9.17, 15) is 12.8 Å². The summed E-state index contributed by atoms with van der Waals surface area (Å²) in [6.45, 7) is 1.37. The minimum atomic E-state index is -3.18. The van der Waals surface area contributed by atoms with Crippen molar-refractivity contribution in [3.63, 3.8) is 0 Å². The topological polar surface area (TPSA) is 67.2 Å². The van der Waals surface area contributed by atoms with Crippen molar-refractivity contribution in [3.8, 4) is 0 Å². The third-order valence-corrected chi connectivity index (χ3v) is 4.76. The predicted molar refractivity (Wildman–Crippen MR) is 83.9 cm³/mol. The summed E-state index contributed by atoms with van der Waals surface area (Å²) in [5.74, 6) is 0.394. The van der Waals surface area contributed by atoms with E-state index in [0.717, 1.165) is 11.5 Å². The van der Waals surface area contributed by atoms with Gasteiger partial charge in [-0.05, 0) is 25.0 Å². The van der Waals surface area contributed by atoms with Crippen molar-refractivity contribution in [1.29, 1.82) is 0 Å². The summed E-state index contributed by atoms with van der Waals surface area (Å²) in [7, 11) is -1.31. The number of nitrogens with zero attached hydrogens (tertiary/aromatic N) is 3. The molecule has 1 aromatic heterocycles. The smallest absolute Gasteiger partial charge is 0.208 e. The zero-order valence-electron chi connectivity index (χ0n) is 12.6. The number of imidazole rings is 1. The SMILES string of the molecule is Cn1c(N2CCC(NS(C)(=O)=O)CC2)nc2c(F)cccc21. The zero-order chi connectivity index (χ0) is 15.9. The van der Waals surface area contributed by atoms with Crippen LogP contribution in [0.4, 0.5) is 10.3 Å². The molecule has 1 saturated heterocycles. The molecule has 3 rings (SSSR count). The van der Waals surface area contributed by atoms with Gasteiger partial charge in [0.25, 0.3) is 0 Å². The highest BCUT2D eigenvalue weighted by Crippen LogP contribution is 2.25. The van der Waals surface area contributed by atoms with E-state index in [2.05, 4.69) is 14.6 Å². The number of rotatable bonds is 3. The molecule has 0 saturated carbocycles. The number of para-hydroxylation sites is 1. The first-order chi connectivity index (χ1) is 10.3. The lowest BCUT2D eigenvalue weighted by Crippen LogP contribution is -2.45. The van der Waals surface area contributed by atoms with Crippen LogP contribution in [0.2, 0.25) is 0 Å². The molecule has 0 bridgehead atoms. The van der Waals surface area contributed by atoms with Crippen molar-refractivity contribution in [3.05, 3.63) is 24.0 Å². The number of benzene rings is 1. The molecule has 1 fully saturated rings. The average Bonchev–Trinajstić information content (AvgIpc) is 2.77. The van der Waals surface area contributed by atoms with Crippen molar-refractivity contribution in [2.24, 2.45) is 7.05 Å². The molecule has 0 atom stereocenters. The van der Waals surface area contributed by atoms with Crippen LogP contribution in [-0.2, 0) is 17.1 Å². The van der Waals surface area contributed by atoms with Crippen molar-refractivity contribution in [2.75, 3.05) is 24.2 Å². The standard InChI is InChI=1S/C14H19FN4O2S/c1-18-12-5-3-4-11(15)13(12)16-14(18)19-8-6-10(7-9-19)17-22(2,20)21/h3-5,10,17H,6-9H2,1-2H3. The van der Waals surface area contributed by atoms with Crippen LogP contribution in [0.25, 0.3) is 11.0 Å². The summed E-state index contributed by atoms with van der Waals surface area (Å²) in [5, 5.41) is 0. The fourth-order valence-corrected chi connectivity index (χ4v) is 3.79. The first-order valence-electron chi connectivity index (χ1n) is 7.18. The molecule has 1 N–H and O–H groups in total. The third-order valence-electron chi connectivity index (χ3n) is 4.00. The highest BCUT2D eigenvalue weighted by Gasteiger charge is 2.24. The number of sulfonamides is 1. The molecule has 120 valence electrons. The lowest BCUT2D eigenvalue weighted by Gasteiger charge is -2.32. The van der Waals surface area contributed by atoms with Crippen molar-refractivity contribution < 1.29 is 12.8 Å². The third kappa shape index (κ3) is 2.93. The second-order valence-electron chi connectivity index (χ2n) is 5.73. The fraction of sp³-hybridized carbons (Fsp3) is 0.500. The number of aryl methyl sites for hydroxylation is 1. The summed E-state index contributed by atoms with van der Waals surface area (Å²) in [4.78, 5) is 6.48. The fourth-order valence-electron chi connectivity index (χ4n) is 2.95. The summed E-state index contributed by atoms with van der Waals surface area (Å²) in [5.41, 5.74) is 1.13. The second kappa shape index (κ2) is 5.51. The lowest BCUT2D eigenvalue weighted by atomic mass is 10.1. The quantitative estimate of drug-likeness (QED) is 0.921. The average molecular weight is 326 g/mol. The molecule has 0 spiro atoms. The maximum absolute atomic E-state index is 13.8. The number of hydrogen-bond donors (Lipinski definition) is 1. The van der Waals surface area contributed by atoms with Gasteiger partial charge in [-0.3, -0.25) is 0 Å². The van der Waals surface area contributed by atoms with Gasteiger partial charge in [0.2, 0.25) is 16.0 Å². The van der Waals surface area contributed by atoms with Crippen LogP contribution >= 0.6 is 0 Å². The van der Waals surface area contributed by atoms with E-state index in [1.807, 2.05) is 17.7 Å². The van der Waals surface area contributed by atoms with Gasteiger partial charge in [-0.25, -0.2) is 22.5 Å². The molecule has 0 amide bonds. The summed E-state index contributed by atoms with van der Waals surface area (Å²) in [6, 6.07) is 4.87. The molecule has 22 heavy (non-hydrogen) atoms. The summed E-state index contributed by atoms with van der Waals surface area (Å²) >= 11 is 0. The van der Waals surface area contributed by atoms with E-state index in [4.69, 9.17) is 0 Å². The van der Waals surface area contributed by atoms with Gasteiger partial charge in [0.05, 0.1) is 11.8 Å². The van der Waals surface area contributed by atoms with Gasteiger partial charge < -0.3 is 9.47 Å². The Hall–Kier alpha value is -1.67. The molecular formula is C14H19FN4O2S. The Morgan fingerprint density at radius 3 is 2.59 bits per heavy atom. The van der Waals surface area contributed by atoms with E-state index < -0.39 is 10.0 Å². The van der Waals surface area contributed by atoms with Crippen molar-refractivity contribution >= 4 is 27.0 Å². The predicted octanol–water partition coefficient (Wildman–Crippen LogP) is 1.23. The Bertz CT molecular complexity index is 795. The first kappa shape index (κ1) is 15.2. The molecule has 0 unspecified atom stereocenters. The van der Waals surface area contributed by atoms with E-state index in [1.54, 1.807) is 6.07 Å². The van der Waals surface area contributed by atoms with Crippen LogP contribution in [0.15, 0.2) is 18.2 Å². The van der Waals surface area contributed by atoms with Gasteiger partial charge in [-0.1, -0.05) is 6.07 Å². The number of fused-ring (bicyclic) bond motifs is 1. The number of halogens is 1. The molecule has 0 aliphatic carbocycles. The van der Waals surface area contributed by atoms with Crippen LogP contribution in [0, 0.1) is 5.82 Å². The lowest BCUT2D eigenvalue weighted by molar-refractivity contribution is 0.456. The number of piperidine rings is 1. The van der Waals surface area contributed by atoms with Crippen LogP contribution in [0.5, 0.6) is 0 Å². The normalized spacial score (nSPS) is 17.3. The summed E-state index contributed by atoms with van der Waals surface area (Å²) in [6.07, 6.45) is 2.59. The van der Waals surface area contributed by atoms with Crippen LogP contribution in [0.1, 0.15) is 12.8 Å². The Morgan fingerprint density at radius 1 is 1.32 bits per heavy atom. The molecular weight excluding hydrogens is 307 g/mol. The molecule has 6 nitrogen and oxygen atoms in total. The highest BCUT2D eigenvalue weighted by atomic mass is 32.2. The van der Waals surface area contributed by atoms with Gasteiger partial charge in [-0.2, -0.15) is 0 Å². The van der Waals surface area contributed by atoms with Crippen LogP contribution in [-0.4, -0.2) is 43.4 Å². The zero-order valence-corrected chi connectivity index (χ0v) is 13.4. The van der Waals surface area contributed by atoms with Gasteiger partial charge >= 0.3 is 0 Å². The number of anilines is 1. The van der Waals surface area contributed by atoms with E-state index in [-0.39, 0.29) is 11.9 Å². The van der Waals surface area contributed by atoms with Crippen LogP contribution in [0.3, 0.4) is 0 Å². The maximum Gasteiger partial charge on any atom is 0.208 e. The monoisotopic (exact) mass is 326 g/mol. The summed E-state index contributed by atoms with van der Waals surface area (Å²) < 4.78 is 40.9. The van der Waals surface area contributed by atoms with Crippen molar-refractivity contribution in [1.82, 2.24) is 14.3 Å². The Labute approximate surface area is 129 Å². The molecule has 2 heterocycles. The Balaban J connectivity index is 1.79. The van der Waals surface area contributed by atoms with E-state index in [0.29, 0.717) is 31.4 Å². The maximum atomic E-state index is 13.8. The Kier molecular flexibility index (Phi) is 3.82. The number of aromatic nitrogens is 2. The molecule has 2 aromatic rings. The van der Waals surface area contributed by atoms with E-state index in [1.165, 1.54) is 12.3 Å². The minimum absolute atomic E-state index is 0.0438. The second-order valence-corrected chi connectivity index (χ2v) is 7.51. The molecule has 1 aliphatic rings. The number of hydrogen-bond acceptors (Lipinski definition) is 4. The molecule has 1 aromatic carbocycles. The molecule has 1 aliphatic heterocycles. The van der Waals surface area contributed by atoms with Crippen LogP contribution < -0.4 is 9.62 Å². The van der Waals surface area contributed by atoms with Gasteiger partial charge in [0, 0.05) is 26.2 Å². The Morgan fingerprint density at radius 2 is 2.00 bits per heavy atom. The van der Waals surface area contributed by atoms with Gasteiger partial charge in [-0.15, -0.1) is 0 Å². The van der Waals surface area contributed by atoms with Gasteiger partial charge in [0.1, 0.15) is 5.52 Å². The van der Waals surface area contributed by atoms with Gasteiger partial charge in [0.15, 0.2) is 5.82 Å². The molecule has 0 radical (unpaired) electrons. The number of nitrogens with one attached hydrogen (secondary N) is 1.